The van der Waals surface area contributed by atoms with Crippen LogP contribution in [0.25, 0.3) is 0 Å². The molecule has 1 aliphatic carbocycles. The van der Waals surface area contributed by atoms with Gasteiger partial charge in [-0.15, -0.1) is 0 Å². The lowest BCUT2D eigenvalue weighted by molar-refractivity contribution is -0.112. The second-order valence-electron chi connectivity index (χ2n) is 3.73. The third-order valence-corrected chi connectivity index (χ3v) is 2.77. The Hall–Kier alpha value is -0.590. The maximum absolute atomic E-state index is 10.6. The maximum atomic E-state index is 10.6. The van der Waals surface area contributed by atoms with Crippen molar-refractivity contribution in [2.24, 2.45) is 11.8 Å². The summed E-state index contributed by atoms with van der Waals surface area (Å²) < 4.78 is 0. The molecule has 1 rings (SSSR count). The summed E-state index contributed by atoms with van der Waals surface area (Å²) in [4.78, 5) is 10.6. The topological polar surface area (TPSA) is 17.1 Å². The number of allylic oxidation sites excluding steroid dienone is 2. The SMILES string of the molecule is CC(C=O)C1CC/C=C\CCC1. The van der Waals surface area contributed by atoms with Crippen molar-refractivity contribution >= 4 is 6.29 Å². The number of hydrogen-bond acceptors (Lipinski definition) is 1. The minimum absolute atomic E-state index is 0.261. The molecule has 2 atom stereocenters. The van der Waals surface area contributed by atoms with Crippen LogP contribution in [0.5, 0.6) is 0 Å². The highest BCUT2D eigenvalue weighted by atomic mass is 16.1. The average Bonchev–Trinajstić information content (AvgIpc) is 2.02. The summed E-state index contributed by atoms with van der Waals surface area (Å²) in [6.45, 7) is 2.04. The predicted octanol–water partition coefficient (Wildman–Crippen LogP) is 2.96. The molecule has 68 valence electrons. The lowest BCUT2D eigenvalue weighted by Crippen LogP contribution is -2.13. The van der Waals surface area contributed by atoms with Gasteiger partial charge < -0.3 is 4.79 Å². The van der Waals surface area contributed by atoms with E-state index in [4.69, 9.17) is 0 Å². The quantitative estimate of drug-likeness (QED) is 0.455. The first kappa shape index (κ1) is 9.50. The van der Waals surface area contributed by atoms with Crippen molar-refractivity contribution in [1.29, 1.82) is 0 Å². The van der Waals surface area contributed by atoms with Crippen LogP contribution in [-0.4, -0.2) is 6.29 Å². The van der Waals surface area contributed by atoms with Crippen molar-refractivity contribution in [3.8, 4) is 0 Å². The van der Waals surface area contributed by atoms with Gasteiger partial charge in [-0.1, -0.05) is 19.1 Å². The Bertz CT molecular complexity index is 160. The number of aldehydes is 1. The van der Waals surface area contributed by atoms with Gasteiger partial charge in [0.2, 0.25) is 0 Å². The normalized spacial score (nSPS) is 29.9. The summed E-state index contributed by atoms with van der Waals surface area (Å²) in [5, 5.41) is 0. The summed E-state index contributed by atoms with van der Waals surface area (Å²) in [5.41, 5.74) is 0. The lowest BCUT2D eigenvalue weighted by Gasteiger charge is -2.19. The molecule has 0 aromatic carbocycles. The Morgan fingerprint density at radius 1 is 1.33 bits per heavy atom. The van der Waals surface area contributed by atoms with E-state index in [1.165, 1.54) is 25.7 Å². The van der Waals surface area contributed by atoms with Crippen molar-refractivity contribution in [1.82, 2.24) is 0 Å². The molecule has 0 aromatic heterocycles. The molecular formula is C11H18O. The van der Waals surface area contributed by atoms with Gasteiger partial charge in [0.05, 0.1) is 0 Å². The van der Waals surface area contributed by atoms with Gasteiger partial charge in [0.25, 0.3) is 0 Å². The molecule has 0 heterocycles. The van der Waals surface area contributed by atoms with E-state index in [0.717, 1.165) is 12.7 Å². The number of carbonyl (C=O) groups excluding carboxylic acids is 1. The van der Waals surface area contributed by atoms with Crippen LogP contribution in [-0.2, 0) is 4.79 Å². The predicted molar refractivity (Wildman–Crippen MR) is 50.9 cm³/mol. The summed E-state index contributed by atoms with van der Waals surface area (Å²) in [7, 11) is 0. The third-order valence-electron chi connectivity index (χ3n) is 2.77. The molecule has 0 amide bonds. The van der Waals surface area contributed by atoms with Crippen LogP contribution in [0.1, 0.15) is 39.0 Å². The average molecular weight is 166 g/mol. The number of carbonyl (C=O) groups is 1. The number of hydrogen-bond donors (Lipinski definition) is 0. The molecular weight excluding hydrogens is 148 g/mol. The molecule has 0 saturated heterocycles. The zero-order valence-electron chi connectivity index (χ0n) is 7.83. The van der Waals surface area contributed by atoms with E-state index in [0.29, 0.717) is 5.92 Å². The van der Waals surface area contributed by atoms with Crippen LogP contribution in [0.2, 0.25) is 0 Å². The fourth-order valence-electron chi connectivity index (χ4n) is 1.83. The van der Waals surface area contributed by atoms with E-state index < -0.39 is 0 Å². The number of rotatable bonds is 2. The molecule has 0 saturated carbocycles. The van der Waals surface area contributed by atoms with E-state index in [1.54, 1.807) is 0 Å². The maximum Gasteiger partial charge on any atom is 0.123 e. The Morgan fingerprint density at radius 3 is 2.83 bits per heavy atom. The molecule has 0 spiro atoms. The molecule has 0 aromatic rings. The second-order valence-corrected chi connectivity index (χ2v) is 3.73. The molecule has 12 heavy (non-hydrogen) atoms. The van der Waals surface area contributed by atoms with Crippen LogP contribution in [0.15, 0.2) is 12.2 Å². The molecule has 1 aliphatic rings. The van der Waals surface area contributed by atoms with E-state index >= 15 is 0 Å². The third kappa shape index (κ3) is 2.80. The van der Waals surface area contributed by atoms with Gasteiger partial charge in [-0.3, -0.25) is 0 Å². The first-order chi connectivity index (χ1) is 5.84. The Balaban J connectivity index is 2.41. The Labute approximate surface area is 74.9 Å². The van der Waals surface area contributed by atoms with Gasteiger partial charge in [0, 0.05) is 5.92 Å². The van der Waals surface area contributed by atoms with Gasteiger partial charge in [0.15, 0.2) is 0 Å². The molecule has 0 fully saturated rings. The highest BCUT2D eigenvalue weighted by Gasteiger charge is 2.15. The first-order valence-electron chi connectivity index (χ1n) is 4.95. The Morgan fingerprint density at radius 2 is 2.08 bits per heavy atom. The van der Waals surface area contributed by atoms with Crippen LogP contribution in [0.4, 0.5) is 0 Å². The van der Waals surface area contributed by atoms with Crippen LogP contribution >= 0.6 is 0 Å². The van der Waals surface area contributed by atoms with E-state index in [-0.39, 0.29) is 5.92 Å². The van der Waals surface area contributed by atoms with Gasteiger partial charge in [-0.05, 0) is 38.0 Å². The van der Waals surface area contributed by atoms with Gasteiger partial charge in [-0.2, -0.15) is 0 Å². The van der Waals surface area contributed by atoms with Gasteiger partial charge >= 0.3 is 0 Å². The first-order valence-corrected chi connectivity index (χ1v) is 4.95. The fourth-order valence-corrected chi connectivity index (χ4v) is 1.83. The van der Waals surface area contributed by atoms with E-state index in [1.807, 2.05) is 6.92 Å². The molecule has 1 heteroatoms. The van der Waals surface area contributed by atoms with Crippen molar-refractivity contribution in [2.75, 3.05) is 0 Å². The standard InChI is InChI=1S/C11H18O/c1-10(9-12)11-7-5-3-2-4-6-8-11/h2-3,9-11H,4-8H2,1H3/b3-2-. The molecule has 0 bridgehead atoms. The summed E-state index contributed by atoms with van der Waals surface area (Å²) in [6, 6.07) is 0. The second kappa shape index (κ2) is 5.13. The zero-order valence-corrected chi connectivity index (χ0v) is 7.83. The van der Waals surface area contributed by atoms with Crippen molar-refractivity contribution in [3.63, 3.8) is 0 Å². The molecule has 0 aliphatic heterocycles. The smallest absolute Gasteiger partial charge is 0.123 e. The van der Waals surface area contributed by atoms with E-state index in [9.17, 15) is 4.79 Å². The van der Waals surface area contributed by atoms with Crippen LogP contribution in [0.3, 0.4) is 0 Å². The summed E-state index contributed by atoms with van der Waals surface area (Å²) >= 11 is 0. The van der Waals surface area contributed by atoms with Gasteiger partial charge in [0.1, 0.15) is 6.29 Å². The molecule has 1 nitrogen and oxygen atoms in total. The highest BCUT2D eigenvalue weighted by molar-refractivity contribution is 5.53. The summed E-state index contributed by atoms with van der Waals surface area (Å²) in [6.07, 6.45) is 11.6. The Kier molecular flexibility index (Phi) is 4.06. The van der Waals surface area contributed by atoms with Crippen LogP contribution in [0, 0.1) is 11.8 Å². The minimum Gasteiger partial charge on any atom is -0.303 e. The monoisotopic (exact) mass is 166 g/mol. The highest BCUT2D eigenvalue weighted by Crippen LogP contribution is 2.24. The van der Waals surface area contributed by atoms with Crippen molar-refractivity contribution < 1.29 is 4.79 Å². The van der Waals surface area contributed by atoms with Crippen molar-refractivity contribution in [3.05, 3.63) is 12.2 Å². The van der Waals surface area contributed by atoms with E-state index in [2.05, 4.69) is 12.2 Å². The largest absolute Gasteiger partial charge is 0.303 e. The molecule has 0 N–H and O–H groups in total. The fraction of sp³-hybridized carbons (Fsp3) is 0.727. The molecule has 2 unspecified atom stereocenters. The molecule has 0 radical (unpaired) electrons. The summed E-state index contributed by atoms with van der Waals surface area (Å²) in [5.74, 6) is 0.893. The van der Waals surface area contributed by atoms with Gasteiger partial charge in [-0.25, -0.2) is 0 Å². The van der Waals surface area contributed by atoms with Crippen LogP contribution < -0.4 is 0 Å². The zero-order chi connectivity index (χ0) is 8.81. The van der Waals surface area contributed by atoms with Crippen molar-refractivity contribution in [2.45, 2.75) is 39.0 Å². The minimum atomic E-state index is 0.261. The lowest BCUT2D eigenvalue weighted by atomic mass is 9.85.